The van der Waals surface area contributed by atoms with E-state index in [0.717, 1.165) is 31.1 Å². The van der Waals surface area contributed by atoms with Crippen LogP contribution in [0.15, 0.2) is 16.3 Å². The Morgan fingerprint density at radius 2 is 1.96 bits per heavy atom. The van der Waals surface area contributed by atoms with Crippen LogP contribution in [0.2, 0.25) is 0 Å². The molecule has 1 aromatic heterocycles. The van der Waals surface area contributed by atoms with Crippen molar-refractivity contribution in [2.45, 2.75) is 30.6 Å². The average molecular weight is 360 g/mol. The second-order valence-corrected chi connectivity index (χ2v) is 9.53. The maximum absolute atomic E-state index is 12.3. The van der Waals surface area contributed by atoms with E-state index in [1.807, 2.05) is 6.92 Å². The van der Waals surface area contributed by atoms with Crippen molar-refractivity contribution in [3.63, 3.8) is 0 Å². The van der Waals surface area contributed by atoms with Crippen LogP contribution in [0, 0.1) is 0 Å². The highest BCUT2D eigenvalue weighted by molar-refractivity contribution is 7.93. The Balaban J connectivity index is 1.87. The van der Waals surface area contributed by atoms with E-state index in [1.165, 1.54) is 11.3 Å². The maximum atomic E-state index is 12.3. The van der Waals surface area contributed by atoms with Crippen molar-refractivity contribution in [1.29, 1.82) is 0 Å². The summed E-state index contributed by atoms with van der Waals surface area (Å²) < 4.78 is 24.0. The standard InChI is InChI=1S/C15H25N3O3S2/c1-4-23(20,21)14-6-5-13(22-14)11-16-15(19)12(2)18-9-7-17(3)8-10-18/h5-6,12H,4,7-11H2,1-3H3,(H,16,19). The molecule has 1 aliphatic rings. The van der Waals surface area contributed by atoms with Crippen LogP contribution in [-0.2, 0) is 21.2 Å². The molecule has 1 N–H and O–H groups in total. The summed E-state index contributed by atoms with van der Waals surface area (Å²) in [6.07, 6.45) is 0. The molecule has 0 radical (unpaired) electrons. The first-order valence-electron chi connectivity index (χ1n) is 7.85. The predicted octanol–water partition coefficient (Wildman–Crippen LogP) is 0.794. The number of rotatable bonds is 6. The fourth-order valence-electron chi connectivity index (χ4n) is 2.46. The summed E-state index contributed by atoms with van der Waals surface area (Å²) in [5, 5.41) is 2.91. The molecule has 6 nitrogen and oxygen atoms in total. The van der Waals surface area contributed by atoms with Gasteiger partial charge in [-0.1, -0.05) is 6.92 Å². The van der Waals surface area contributed by atoms with Gasteiger partial charge in [0.15, 0.2) is 9.84 Å². The number of sulfone groups is 1. The highest BCUT2D eigenvalue weighted by Crippen LogP contribution is 2.22. The molecule has 1 fully saturated rings. The molecule has 130 valence electrons. The van der Waals surface area contributed by atoms with Crippen molar-refractivity contribution in [3.05, 3.63) is 17.0 Å². The SMILES string of the molecule is CCS(=O)(=O)c1ccc(CNC(=O)C(C)N2CCN(C)CC2)s1. The molecule has 1 unspecified atom stereocenters. The van der Waals surface area contributed by atoms with Crippen molar-refractivity contribution in [1.82, 2.24) is 15.1 Å². The van der Waals surface area contributed by atoms with Crippen molar-refractivity contribution in [2.75, 3.05) is 39.0 Å². The number of nitrogens with zero attached hydrogens (tertiary/aromatic N) is 2. The first kappa shape index (κ1) is 18.4. The molecule has 2 heterocycles. The van der Waals surface area contributed by atoms with Crippen molar-refractivity contribution in [3.8, 4) is 0 Å². The highest BCUT2D eigenvalue weighted by atomic mass is 32.2. The van der Waals surface area contributed by atoms with Crippen LogP contribution >= 0.6 is 11.3 Å². The van der Waals surface area contributed by atoms with Gasteiger partial charge in [-0.3, -0.25) is 9.69 Å². The minimum Gasteiger partial charge on any atom is -0.350 e. The predicted molar refractivity (Wildman–Crippen MR) is 92.4 cm³/mol. The van der Waals surface area contributed by atoms with E-state index < -0.39 is 9.84 Å². The number of likely N-dealkylation sites (N-methyl/N-ethyl adjacent to an activating group) is 1. The molecule has 0 bridgehead atoms. The summed E-state index contributed by atoms with van der Waals surface area (Å²) in [5.41, 5.74) is 0. The van der Waals surface area contributed by atoms with Gasteiger partial charge in [0.2, 0.25) is 5.91 Å². The summed E-state index contributed by atoms with van der Waals surface area (Å²) in [6.45, 7) is 7.66. The Morgan fingerprint density at radius 3 is 2.57 bits per heavy atom. The lowest BCUT2D eigenvalue weighted by atomic mass is 10.2. The molecule has 2 rings (SSSR count). The lowest BCUT2D eigenvalue weighted by molar-refractivity contribution is -0.126. The number of carbonyl (C=O) groups excluding carboxylic acids is 1. The molecule has 1 atom stereocenters. The molecule has 1 aromatic rings. The number of thiophene rings is 1. The number of hydrogen-bond donors (Lipinski definition) is 1. The lowest BCUT2D eigenvalue weighted by Crippen LogP contribution is -2.52. The molecule has 0 spiro atoms. The first-order chi connectivity index (χ1) is 10.8. The fourth-order valence-corrected chi connectivity index (χ4v) is 4.88. The number of carbonyl (C=O) groups is 1. The summed E-state index contributed by atoms with van der Waals surface area (Å²) in [4.78, 5) is 17.6. The minimum atomic E-state index is -3.16. The third-order valence-corrected chi connectivity index (χ3v) is 7.63. The van der Waals surface area contributed by atoms with Gasteiger partial charge >= 0.3 is 0 Å². The highest BCUT2D eigenvalue weighted by Gasteiger charge is 2.24. The molecule has 0 saturated carbocycles. The van der Waals surface area contributed by atoms with E-state index in [0.29, 0.717) is 10.8 Å². The molecule has 1 aliphatic heterocycles. The van der Waals surface area contributed by atoms with E-state index in [1.54, 1.807) is 19.1 Å². The molecule has 0 aromatic carbocycles. The van der Waals surface area contributed by atoms with E-state index >= 15 is 0 Å². The number of piperazine rings is 1. The molecular formula is C15H25N3O3S2. The Kier molecular flexibility index (Phi) is 6.19. The van der Waals surface area contributed by atoms with Gasteiger partial charge < -0.3 is 10.2 Å². The topological polar surface area (TPSA) is 69.7 Å². The normalized spacial score (nSPS) is 18.7. The van der Waals surface area contributed by atoms with Crippen molar-refractivity contribution < 1.29 is 13.2 Å². The van der Waals surface area contributed by atoms with Crippen molar-refractivity contribution >= 4 is 27.1 Å². The number of amides is 1. The smallest absolute Gasteiger partial charge is 0.237 e. The van der Waals surface area contributed by atoms with Crippen molar-refractivity contribution in [2.24, 2.45) is 0 Å². The fraction of sp³-hybridized carbons (Fsp3) is 0.667. The number of nitrogens with one attached hydrogen (secondary N) is 1. The van der Waals surface area contributed by atoms with Crippen LogP contribution in [0.1, 0.15) is 18.7 Å². The van der Waals surface area contributed by atoms with Gasteiger partial charge in [-0.05, 0) is 26.1 Å². The van der Waals surface area contributed by atoms with Gasteiger partial charge in [0.25, 0.3) is 0 Å². The van der Waals surface area contributed by atoms with Gasteiger partial charge in [0, 0.05) is 31.1 Å². The van der Waals surface area contributed by atoms with E-state index in [4.69, 9.17) is 0 Å². The minimum absolute atomic E-state index is 0.0112. The lowest BCUT2D eigenvalue weighted by Gasteiger charge is -2.35. The largest absolute Gasteiger partial charge is 0.350 e. The Morgan fingerprint density at radius 1 is 1.30 bits per heavy atom. The monoisotopic (exact) mass is 359 g/mol. The van der Waals surface area contributed by atoms with Crippen LogP contribution in [0.3, 0.4) is 0 Å². The summed E-state index contributed by atoms with van der Waals surface area (Å²) in [7, 11) is -1.08. The molecule has 0 aliphatic carbocycles. The third-order valence-electron chi connectivity index (χ3n) is 4.23. The Hall–Kier alpha value is -0.960. The average Bonchev–Trinajstić information content (AvgIpc) is 3.02. The zero-order valence-corrected chi connectivity index (χ0v) is 15.5. The van der Waals surface area contributed by atoms with Gasteiger partial charge in [-0.25, -0.2) is 8.42 Å². The van der Waals surface area contributed by atoms with Crippen LogP contribution < -0.4 is 5.32 Å². The zero-order valence-electron chi connectivity index (χ0n) is 13.9. The van der Waals surface area contributed by atoms with E-state index in [-0.39, 0.29) is 17.7 Å². The van der Waals surface area contributed by atoms with Gasteiger partial charge in [-0.15, -0.1) is 11.3 Å². The number of hydrogen-bond acceptors (Lipinski definition) is 6. The molecule has 8 heteroatoms. The Labute approximate surface area is 142 Å². The van der Waals surface area contributed by atoms with E-state index in [2.05, 4.69) is 22.2 Å². The van der Waals surface area contributed by atoms with Gasteiger partial charge in [0.05, 0.1) is 18.3 Å². The van der Waals surface area contributed by atoms with Crippen LogP contribution in [0.25, 0.3) is 0 Å². The second-order valence-electron chi connectivity index (χ2n) is 5.86. The van der Waals surface area contributed by atoms with Gasteiger partial charge in [-0.2, -0.15) is 0 Å². The zero-order chi connectivity index (χ0) is 17.0. The summed E-state index contributed by atoms with van der Waals surface area (Å²) in [5.74, 6) is 0.0857. The summed E-state index contributed by atoms with van der Waals surface area (Å²) >= 11 is 1.23. The third kappa shape index (κ3) is 4.76. The van der Waals surface area contributed by atoms with Crippen LogP contribution in [-0.4, -0.2) is 69.1 Å². The first-order valence-corrected chi connectivity index (χ1v) is 10.3. The summed E-state index contributed by atoms with van der Waals surface area (Å²) in [6, 6.07) is 3.23. The molecule has 1 amide bonds. The Bertz CT molecular complexity index is 634. The van der Waals surface area contributed by atoms with Crippen LogP contribution in [0.5, 0.6) is 0 Å². The molecule has 23 heavy (non-hydrogen) atoms. The molecule has 1 saturated heterocycles. The van der Waals surface area contributed by atoms with E-state index in [9.17, 15) is 13.2 Å². The quantitative estimate of drug-likeness (QED) is 0.813. The van der Waals surface area contributed by atoms with Gasteiger partial charge in [0.1, 0.15) is 4.21 Å². The van der Waals surface area contributed by atoms with Crippen LogP contribution in [0.4, 0.5) is 0 Å². The second kappa shape index (κ2) is 7.74. The molecular weight excluding hydrogens is 334 g/mol. The maximum Gasteiger partial charge on any atom is 0.237 e.